The van der Waals surface area contributed by atoms with Crippen molar-refractivity contribution in [3.8, 4) is 0 Å². The molecule has 0 unspecified atom stereocenters. The molecule has 0 N–H and O–H groups in total. The second-order valence-electron chi connectivity index (χ2n) is 2.42. The van der Waals surface area contributed by atoms with E-state index in [9.17, 15) is 5.21 Å². The van der Waals surface area contributed by atoms with E-state index in [-0.39, 0.29) is 0 Å². The molecule has 1 heterocycles. The second kappa shape index (κ2) is 3.03. The average Bonchev–Trinajstić information content (AvgIpc) is 2.25. The van der Waals surface area contributed by atoms with Gasteiger partial charge in [0, 0.05) is 6.08 Å². The molecule has 0 aromatic heterocycles. The van der Waals surface area contributed by atoms with Crippen LogP contribution in [0.5, 0.6) is 0 Å². The molecule has 0 amide bonds. The standard InChI is InChI=1S/C9H7NOS/c11-10-7-3-5-8-4-1-2-6-9(8)12-10/h1-7H. The van der Waals surface area contributed by atoms with E-state index in [4.69, 9.17) is 0 Å². The molecule has 0 aliphatic carbocycles. The zero-order valence-corrected chi connectivity index (χ0v) is 7.12. The van der Waals surface area contributed by atoms with Crippen LogP contribution >= 0.6 is 11.9 Å². The molecule has 3 heteroatoms. The Morgan fingerprint density at radius 1 is 1.25 bits per heavy atom. The van der Waals surface area contributed by atoms with Gasteiger partial charge in [-0.3, -0.25) is 0 Å². The van der Waals surface area contributed by atoms with Crippen LogP contribution in [0.2, 0.25) is 0 Å². The number of allylic oxidation sites excluding steroid dienone is 1. The smallest absolute Gasteiger partial charge is 0.210 e. The van der Waals surface area contributed by atoms with Gasteiger partial charge in [0.2, 0.25) is 11.9 Å². The number of rotatable bonds is 0. The van der Waals surface area contributed by atoms with Gasteiger partial charge in [-0.25, -0.2) is 0 Å². The first-order chi connectivity index (χ1) is 5.86. The SMILES string of the molecule is [O-][N+]1=CC=Cc2ccccc2S1. The largest absolute Gasteiger partial charge is 0.611 e. The number of nitrogens with zero attached hydrogens (tertiary/aromatic N) is 1. The van der Waals surface area contributed by atoms with Gasteiger partial charge >= 0.3 is 0 Å². The predicted molar refractivity (Wildman–Crippen MR) is 51.0 cm³/mol. The quantitative estimate of drug-likeness (QED) is 0.345. The lowest BCUT2D eigenvalue weighted by Crippen LogP contribution is -1.89. The van der Waals surface area contributed by atoms with Crippen molar-refractivity contribution >= 4 is 24.2 Å². The Labute approximate surface area is 74.9 Å². The molecule has 60 valence electrons. The molecule has 1 aromatic rings. The molecular formula is C9H7NOS. The first-order valence-electron chi connectivity index (χ1n) is 3.61. The molecule has 0 saturated carbocycles. The Balaban J connectivity index is 2.49. The highest BCUT2D eigenvalue weighted by atomic mass is 32.2. The predicted octanol–water partition coefficient (Wildman–Crippen LogP) is 2.30. The molecular weight excluding hydrogens is 170 g/mol. The molecule has 12 heavy (non-hydrogen) atoms. The lowest BCUT2D eigenvalue weighted by atomic mass is 10.2. The Kier molecular flexibility index (Phi) is 1.87. The van der Waals surface area contributed by atoms with E-state index >= 15 is 0 Å². The highest BCUT2D eigenvalue weighted by molar-refractivity contribution is 7.93. The van der Waals surface area contributed by atoms with Gasteiger partial charge in [0.25, 0.3) is 0 Å². The van der Waals surface area contributed by atoms with Gasteiger partial charge in [-0.05, 0) is 17.7 Å². The average molecular weight is 177 g/mol. The Bertz CT molecular complexity index is 357. The summed E-state index contributed by atoms with van der Waals surface area (Å²) in [5.41, 5.74) is 1.09. The monoisotopic (exact) mass is 177 g/mol. The first kappa shape index (κ1) is 7.43. The summed E-state index contributed by atoms with van der Waals surface area (Å²) in [5.74, 6) is 0. The molecule has 0 bridgehead atoms. The van der Waals surface area contributed by atoms with Crippen LogP contribution < -0.4 is 0 Å². The van der Waals surface area contributed by atoms with Gasteiger partial charge in [-0.2, -0.15) is 0 Å². The van der Waals surface area contributed by atoms with Crippen molar-refractivity contribution in [1.82, 2.24) is 0 Å². The van der Waals surface area contributed by atoms with Crippen molar-refractivity contribution in [3.05, 3.63) is 41.1 Å². The lowest BCUT2D eigenvalue weighted by molar-refractivity contribution is -0.250. The molecule has 0 spiro atoms. The molecule has 0 atom stereocenters. The van der Waals surface area contributed by atoms with Crippen LogP contribution in [0.1, 0.15) is 5.56 Å². The van der Waals surface area contributed by atoms with Crippen molar-refractivity contribution in [1.29, 1.82) is 0 Å². The molecule has 0 radical (unpaired) electrons. The highest BCUT2D eigenvalue weighted by Crippen LogP contribution is 2.25. The Hall–Kier alpha value is -1.22. The molecule has 0 fully saturated rings. The number of fused-ring (bicyclic) bond motifs is 1. The summed E-state index contributed by atoms with van der Waals surface area (Å²) in [6.07, 6.45) is 5.19. The van der Waals surface area contributed by atoms with Crippen LogP contribution in [0.3, 0.4) is 0 Å². The van der Waals surface area contributed by atoms with E-state index in [1.807, 2.05) is 30.3 Å². The summed E-state index contributed by atoms with van der Waals surface area (Å²) in [6, 6.07) is 7.82. The maximum atomic E-state index is 11.0. The van der Waals surface area contributed by atoms with E-state index in [1.54, 1.807) is 6.08 Å². The summed E-state index contributed by atoms with van der Waals surface area (Å²) in [4.78, 5) is 0.998. The third kappa shape index (κ3) is 1.36. The summed E-state index contributed by atoms with van der Waals surface area (Å²) >= 11 is 1.19. The molecule has 1 aliphatic heterocycles. The van der Waals surface area contributed by atoms with Gasteiger partial charge in [0.15, 0.2) is 6.21 Å². The summed E-state index contributed by atoms with van der Waals surface area (Å²) in [5, 5.41) is 11.0. The van der Waals surface area contributed by atoms with E-state index in [2.05, 4.69) is 0 Å². The lowest BCUT2D eigenvalue weighted by Gasteiger charge is -1.99. The van der Waals surface area contributed by atoms with E-state index in [1.165, 1.54) is 18.2 Å². The van der Waals surface area contributed by atoms with Crippen LogP contribution in [0, 0.1) is 5.21 Å². The summed E-state index contributed by atoms with van der Waals surface area (Å²) in [7, 11) is 0. The van der Waals surface area contributed by atoms with Crippen LogP contribution in [0.4, 0.5) is 0 Å². The number of hydrogen-bond donors (Lipinski definition) is 0. The van der Waals surface area contributed by atoms with Gasteiger partial charge in [-0.1, -0.05) is 18.2 Å². The van der Waals surface area contributed by atoms with Gasteiger partial charge < -0.3 is 5.21 Å². The minimum atomic E-state index is 0.850. The zero-order valence-electron chi connectivity index (χ0n) is 6.31. The van der Waals surface area contributed by atoms with E-state index in [0.717, 1.165) is 14.6 Å². The minimum Gasteiger partial charge on any atom is -0.611 e. The fourth-order valence-corrected chi connectivity index (χ4v) is 1.75. The fourth-order valence-electron chi connectivity index (χ4n) is 1.05. The van der Waals surface area contributed by atoms with Crippen LogP contribution in [0.15, 0.2) is 35.2 Å². The normalized spacial score (nSPS) is 14.8. The van der Waals surface area contributed by atoms with Crippen molar-refractivity contribution < 1.29 is 4.14 Å². The summed E-state index contributed by atoms with van der Waals surface area (Å²) < 4.78 is 0.850. The molecule has 2 rings (SSSR count). The van der Waals surface area contributed by atoms with Crippen molar-refractivity contribution in [2.45, 2.75) is 4.90 Å². The number of benzene rings is 1. The van der Waals surface area contributed by atoms with Gasteiger partial charge in [0.1, 0.15) is 0 Å². The van der Waals surface area contributed by atoms with Crippen LogP contribution in [-0.4, -0.2) is 10.4 Å². The second-order valence-corrected chi connectivity index (χ2v) is 3.40. The maximum absolute atomic E-state index is 11.0. The van der Waals surface area contributed by atoms with Gasteiger partial charge in [-0.15, -0.1) is 4.14 Å². The van der Waals surface area contributed by atoms with E-state index in [0.29, 0.717) is 0 Å². The number of hydrogen-bond acceptors (Lipinski definition) is 2. The summed E-state index contributed by atoms with van der Waals surface area (Å²) in [6.45, 7) is 0. The molecule has 1 aromatic carbocycles. The van der Waals surface area contributed by atoms with Crippen molar-refractivity contribution in [2.75, 3.05) is 0 Å². The van der Waals surface area contributed by atoms with Crippen molar-refractivity contribution in [2.24, 2.45) is 0 Å². The Morgan fingerprint density at radius 2 is 2.08 bits per heavy atom. The van der Waals surface area contributed by atoms with Gasteiger partial charge in [0.05, 0.1) is 4.90 Å². The molecule has 0 saturated heterocycles. The minimum absolute atomic E-state index is 0.850. The molecule has 2 nitrogen and oxygen atoms in total. The maximum Gasteiger partial charge on any atom is 0.210 e. The highest BCUT2D eigenvalue weighted by Gasteiger charge is 2.07. The molecule has 1 aliphatic rings. The van der Waals surface area contributed by atoms with Crippen LogP contribution in [0.25, 0.3) is 6.08 Å². The first-order valence-corrected chi connectivity index (χ1v) is 4.38. The Morgan fingerprint density at radius 3 is 3.00 bits per heavy atom. The van der Waals surface area contributed by atoms with E-state index < -0.39 is 0 Å². The fraction of sp³-hybridized carbons (Fsp3) is 0. The van der Waals surface area contributed by atoms with Crippen LogP contribution in [-0.2, 0) is 0 Å². The zero-order chi connectivity index (χ0) is 8.39. The third-order valence-electron chi connectivity index (χ3n) is 1.59. The third-order valence-corrected chi connectivity index (χ3v) is 2.46. The van der Waals surface area contributed by atoms with Crippen molar-refractivity contribution in [3.63, 3.8) is 0 Å². The topological polar surface area (TPSA) is 26.1 Å².